The quantitative estimate of drug-likeness (QED) is 0.584. The summed E-state index contributed by atoms with van der Waals surface area (Å²) in [5.41, 5.74) is 4.76. The highest BCUT2D eigenvalue weighted by molar-refractivity contribution is 5.82. The minimum atomic E-state index is -1.10. The van der Waals surface area contributed by atoms with Crippen molar-refractivity contribution in [1.29, 1.82) is 0 Å². The van der Waals surface area contributed by atoms with Gasteiger partial charge in [-0.3, -0.25) is 9.59 Å². The van der Waals surface area contributed by atoms with Gasteiger partial charge in [-0.05, 0) is 40.0 Å². The molecule has 0 bridgehead atoms. The van der Waals surface area contributed by atoms with Crippen LogP contribution in [-0.4, -0.2) is 83.2 Å². The molecule has 4 atom stereocenters. The summed E-state index contributed by atoms with van der Waals surface area (Å²) in [7, 11) is 1.46. The minimum absolute atomic E-state index is 0.221. The van der Waals surface area contributed by atoms with Gasteiger partial charge in [-0.1, -0.05) is 0 Å². The maximum atomic E-state index is 12.3. The molecule has 2 aliphatic heterocycles. The van der Waals surface area contributed by atoms with Gasteiger partial charge in [-0.15, -0.1) is 0 Å². The molecular formula is C17H30N4O6. The second kappa shape index (κ2) is 8.41. The molecule has 4 N–H and O–H groups in total. The SMILES string of the molecule is CN(CC(=O)N[C@H]1CCO[C@H]2CC[C@@H](C(N)=O)N2C1O)C(=O)OC(C)(C)C. The average Bonchev–Trinajstić information content (AvgIpc) is 2.89. The van der Waals surface area contributed by atoms with Crippen LogP contribution in [0.15, 0.2) is 0 Å². The van der Waals surface area contributed by atoms with Gasteiger partial charge >= 0.3 is 6.09 Å². The Kier molecular flexibility index (Phi) is 6.66. The summed E-state index contributed by atoms with van der Waals surface area (Å²) in [6, 6.07) is -1.28. The van der Waals surface area contributed by atoms with E-state index >= 15 is 0 Å². The third-order valence-corrected chi connectivity index (χ3v) is 4.54. The Morgan fingerprint density at radius 1 is 1.30 bits per heavy atom. The van der Waals surface area contributed by atoms with Crippen LogP contribution in [0.25, 0.3) is 0 Å². The van der Waals surface area contributed by atoms with E-state index in [9.17, 15) is 19.5 Å². The lowest BCUT2D eigenvalue weighted by molar-refractivity contribution is -0.141. The fraction of sp³-hybridized carbons (Fsp3) is 0.824. The fourth-order valence-electron chi connectivity index (χ4n) is 3.32. The van der Waals surface area contributed by atoms with E-state index in [0.717, 1.165) is 4.90 Å². The number of hydrogen-bond acceptors (Lipinski definition) is 7. The summed E-state index contributed by atoms with van der Waals surface area (Å²) >= 11 is 0. The van der Waals surface area contributed by atoms with Crippen molar-refractivity contribution in [3.8, 4) is 0 Å². The highest BCUT2D eigenvalue weighted by atomic mass is 16.6. The lowest BCUT2D eigenvalue weighted by atomic mass is 10.1. The zero-order valence-electron chi connectivity index (χ0n) is 16.3. The molecule has 3 amide bonds. The molecule has 2 saturated heterocycles. The Morgan fingerprint density at radius 2 is 1.96 bits per heavy atom. The number of nitrogens with two attached hydrogens (primary N) is 1. The summed E-state index contributed by atoms with van der Waals surface area (Å²) in [6.45, 7) is 5.32. The van der Waals surface area contributed by atoms with Gasteiger partial charge in [-0.2, -0.15) is 0 Å². The number of fused-ring (bicyclic) bond motifs is 1. The number of rotatable bonds is 4. The highest BCUT2D eigenvalue weighted by Crippen LogP contribution is 2.30. The monoisotopic (exact) mass is 386 g/mol. The maximum absolute atomic E-state index is 12.3. The van der Waals surface area contributed by atoms with E-state index in [-0.39, 0.29) is 6.54 Å². The summed E-state index contributed by atoms with van der Waals surface area (Å²) < 4.78 is 10.9. The lowest BCUT2D eigenvalue weighted by Gasteiger charge is -2.34. The number of amides is 3. The summed E-state index contributed by atoms with van der Waals surface area (Å²) in [5, 5.41) is 13.4. The van der Waals surface area contributed by atoms with Crippen LogP contribution in [0.4, 0.5) is 4.79 Å². The molecule has 10 nitrogen and oxygen atoms in total. The topological polar surface area (TPSA) is 134 Å². The van der Waals surface area contributed by atoms with Crippen LogP contribution in [-0.2, 0) is 19.1 Å². The number of carbonyl (C=O) groups is 3. The molecule has 154 valence electrons. The van der Waals surface area contributed by atoms with E-state index in [1.165, 1.54) is 11.9 Å². The first-order valence-electron chi connectivity index (χ1n) is 9.09. The molecule has 2 heterocycles. The van der Waals surface area contributed by atoms with E-state index in [0.29, 0.717) is 25.9 Å². The average molecular weight is 386 g/mol. The fourth-order valence-corrected chi connectivity index (χ4v) is 3.32. The third-order valence-electron chi connectivity index (χ3n) is 4.54. The minimum Gasteiger partial charge on any atom is -0.444 e. The predicted octanol–water partition coefficient (Wildman–Crippen LogP) is -0.647. The van der Waals surface area contributed by atoms with Crippen molar-refractivity contribution in [1.82, 2.24) is 15.1 Å². The lowest BCUT2D eigenvalue weighted by Crippen LogP contribution is -2.57. The summed E-state index contributed by atoms with van der Waals surface area (Å²) in [5.74, 6) is -0.975. The molecule has 27 heavy (non-hydrogen) atoms. The summed E-state index contributed by atoms with van der Waals surface area (Å²) in [6.07, 6.45) is -0.652. The third kappa shape index (κ3) is 5.53. The number of likely N-dealkylation sites (N-methyl/N-ethyl adjacent to an activating group) is 1. The molecule has 10 heteroatoms. The van der Waals surface area contributed by atoms with Gasteiger partial charge in [0, 0.05) is 7.05 Å². The molecule has 0 saturated carbocycles. The standard InChI is InChI=1S/C17H30N4O6/c1-17(2,3)27-16(25)20(4)9-12(22)19-10-7-8-26-13-6-5-11(14(18)23)21(13)15(10)24/h10-11,13,15,24H,5-9H2,1-4H3,(H2,18,23)(H,19,22)/t10-,11-,13-,15?/m0/s1. The van der Waals surface area contributed by atoms with Gasteiger partial charge in [0.1, 0.15) is 24.6 Å². The molecule has 0 aromatic heterocycles. The molecule has 0 aromatic rings. The number of ether oxygens (including phenoxy) is 2. The van der Waals surface area contributed by atoms with Gasteiger partial charge in [0.25, 0.3) is 0 Å². The van der Waals surface area contributed by atoms with E-state index < -0.39 is 48.0 Å². The number of aliphatic hydroxyl groups excluding tert-OH is 1. The maximum Gasteiger partial charge on any atom is 0.410 e. The molecule has 0 radical (unpaired) electrons. The molecule has 2 aliphatic rings. The first kappa shape index (κ1) is 21.4. The number of hydrogen-bond donors (Lipinski definition) is 3. The van der Waals surface area contributed by atoms with E-state index in [1.807, 2.05) is 0 Å². The van der Waals surface area contributed by atoms with Crippen LogP contribution in [0.2, 0.25) is 0 Å². The molecule has 1 unspecified atom stereocenters. The van der Waals surface area contributed by atoms with Crippen LogP contribution in [0.1, 0.15) is 40.0 Å². The second-order valence-electron chi connectivity index (χ2n) is 7.98. The van der Waals surface area contributed by atoms with Crippen LogP contribution in [0.5, 0.6) is 0 Å². The van der Waals surface area contributed by atoms with Crippen LogP contribution in [0.3, 0.4) is 0 Å². The number of aliphatic hydroxyl groups is 1. The van der Waals surface area contributed by atoms with Crippen LogP contribution in [0, 0.1) is 0 Å². The van der Waals surface area contributed by atoms with Crippen LogP contribution >= 0.6 is 0 Å². The Bertz CT molecular complexity index is 578. The zero-order valence-corrected chi connectivity index (χ0v) is 16.3. The zero-order chi connectivity index (χ0) is 20.4. The second-order valence-corrected chi connectivity index (χ2v) is 7.98. The molecular weight excluding hydrogens is 356 g/mol. The van der Waals surface area contributed by atoms with Crippen LogP contribution < -0.4 is 11.1 Å². The largest absolute Gasteiger partial charge is 0.444 e. The molecule has 0 aliphatic carbocycles. The van der Waals surface area contributed by atoms with E-state index in [4.69, 9.17) is 15.2 Å². The Balaban J connectivity index is 1.96. The van der Waals surface area contributed by atoms with Crippen molar-refractivity contribution < 1.29 is 29.0 Å². The first-order valence-corrected chi connectivity index (χ1v) is 9.09. The molecule has 2 fully saturated rings. The van der Waals surface area contributed by atoms with E-state index in [2.05, 4.69) is 5.32 Å². The summed E-state index contributed by atoms with van der Waals surface area (Å²) in [4.78, 5) is 38.6. The highest BCUT2D eigenvalue weighted by Gasteiger charge is 2.45. The van der Waals surface area contributed by atoms with Gasteiger partial charge in [0.2, 0.25) is 11.8 Å². The van der Waals surface area contributed by atoms with Crippen molar-refractivity contribution >= 4 is 17.9 Å². The van der Waals surface area contributed by atoms with Crippen molar-refractivity contribution in [2.45, 2.75) is 70.2 Å². The first-order chi connectivity index (χ1) is 12.5. The van der Waals surface area contributed by atoms with Gasteiger partial charge in [-0.25, -0.2) is 9.69 Å². The van der Waals surface area contributed by atoms with Gasteiger partial charge < -0.3 is 30.5 Å². The number of carbonyl (C=O) groups excluding carboxylic acids is 3. The van der Waals surface area contributed by atoms with Crippen molar-refractivity contribution in [2.24, 2.45) is 5.73 Å². The normalized spacial score (nSPS) is 28.8. The smallest absolute Gasteiger partial charge is 0.410 e. The van der Waals surface area contributed by atoms with Crippen molar-refractivity contribution in [2.75, 3.05) is 20.2 Å². The number of primary amides is 1. The van der Waals surface area contributed by atoms with Crippen molar-refractivity contribution in [3.05, 3.63) is 0 Å². The Labute approximate surface area is 158 Å². The van der Waals surface area contributed by atoms with Gasteiger partial charge in [0.05, 0.1) is 18.7 Å². The Hall–Kier alpha value is -1.91. The van der Waals surface area contributed by atoms with E-state index in [1.54, 1.807) is 20.8 Å². The number of nitrogens with one attached hydrogen (secondary N) is 1. The Morgan fingerprint density at radius 3 is 2.56 bits per heavy atom. The molecule has 0 aromatic carbocycles. The number of nitrogens with zero attached hydrogens (tertiary/aromatic N) is 2. The predicted molar refractivity (Wildman–Crippen MR) is 95.2 cm³/mol. The molecule has 2 rings (SSSR count). The van der Waals surface area contributed by atoms with Gasteiger partial charge in [0.15, 0.2) is 0 Å². The molecule has 0 spiro atoms. The van der Waals surface area contributed by atoms with Crippen molar-refractivity contribution in [3.63, 3.8) is 0 Å².